The molecule has 0 unspecified atom stereocenters. The van der Waals surface area contributed by atoms with Crippen LogP contribution in [0.15, 0.2) is 23.1 Å². The molecule has 0 bridgehead atoms. The maximum Gasteiger partial charge on any atom is 0.242 e. The van der Waals surface area contributed by atoms with Crippen molar-refractivity contribution in [2.24, 2.45) is 0 Å². The Bertz CT molecular complexity index is 609. The van der Waals surface area contributed by atoms with Crippen molar-refractivity contribution < 1.29 is 13.2 Å². The predicted octanol–water partition coefficient (Wildman–Crippen LogP) is 0.616. The van der Waals surface area contributed by atoms with E-state index in [2.05, 4.69) is 13.5 Å². The topological polar surface area (TPSA) is 81.2 Å². The summed E-state index contributed by atoms with van der Waals surface area (Å²) in [5.41, 5.74) is 0.993. The van der Waals surface area contributed by atoms with Crippen LogP contribution in [0.4, 0.5) is 0 Å². The molecule has 0 aliphatic rings. The number of fused-ring (bicyclic) bond motifs is 1. The Morgan fingerprint density at radius 3 is 3.00 bits per heavy atom. The number of hydrogen-bond acceptors (Lipinski definition) is 6. The van der Waals surface area contributed by atoms with Gasteiger partial charge in [-0.2, -0.15) is 8.75 Å². The van der Waals surface area contributed by atoms with Crippen molar-refractivity contribution in [3.8, 4) is 0 Å². The second-order valence-corrected chi connectivity index (χ2v) is 5.54. The molecule has 2 aromatic rings. The highest BCUT2D eigenvalue weighted by Crippen LogP contribution is 2.20. The number of rotatable bonds is 5. The van der Waals surface area contributed by atoms with Gasteiger partial charge in [-0.05, 0) is 12.1 Å². The molecule has 1 aromatic heterocycles. The molecule has 0 saturated carbocycles. The molecule has 2 rings (SSSR count). The quantitative estimate of drug-likeness (QED) is 0.807. The minimum Gasteiger partial charge on any atom is -0.383 e. The number of methoxy groups -OCH3 is 1. The number of sulfonamides is 1. The SMILES string of the molecule is COCCNS(=O)(=O)c1cccc2nsnc12. The zero-order valence-corrected chi connectivity index (χ0v) is 10.7. The minimum atomic E-state index is -3.55. The molecule has 0 atom stereocenters. The fourth-order valence-electron chi connectivity index (χ4n) is 1.35. The Labute approximate surface area is 103 Å². The van der Waals surface area contributed by atoms with Crippen LogP contribution in [0.2, 0.25) is 0 Å². The Morgan fingerprint density at radius 1 is 1.41 bits per heavy atom. The van der Waals surface area contributed by atoms with Crippen LogP contribution in [0.1, 0.15) is 0 Å². The zero-order valence-electron chi connectivity index (χ0n) is 9.08. The number of hydrogen-bond donors (Lipinski definition) is 1. The van der Waals surface area contributed by atoms with Crippen LogP contribution in [-0.2, 0) is 14.8 Å². The normalized spacial score (nSPS) is 12.1. The summed E-state index contributed by atoms with van der Waals surface area (Å²) < 4.78 is 39.2. The van der Waals surface area contributed by atoms with Gasteiger partial charge in [-0.25, -0.2) is 13.1 Å². The Hall–Kier alpha value is -1.09. The van der Waals surface area contributed by atoms with Gasteiger partial charge < -0.3 is 4.74 Å². The smallest absolute Gasteiger partial charge is 0.242 e. The largest absolute Gasteiger partial charge is 0.383 e. The van der Waals surface area contributed by atoms with Crippen molar-refractivity contribution in [3.63, 3.8) is 0 Å². The summed E-state index contributed by atoms with van der Waals surface area (Å²) in [7, 11) is -2.04. The van der Waals surface area contributed by atoms with Crippen LogP contribution < -0.4 is 4.72 Å². The first-order valence-corrected chi connectivity index (χ1v) is 7.06. The fraction of sp³-hybridized carbons (Fsp3) is 0.333. The molecular weight excluding hydrogens is 262 g/mol. The van der Waals surface area contributed by atoms with E-state index in [1.807, 2.05) is 0 Å². The van der Waals surface area contributed by atoms with Crippen LogP contribution in [0.25, 0.3) is 11.0 Å². The summed E-state index contributed by atoms with van der Waals surface area (Å²) in [6, 6.07) is 4.89. The average Bonchev–Trinajstić information content (AvgIpc) is 2.76. The van der Waals surface area contributed by atoms with Crippen molar-refractivity contribution in [2.75, 3.05) is 20.3 Å². The van der Waals surface area contributed by atoms with Crippen molar-refractivity contribution in [1.82, 2.24) is 13.5 Å². The van der Waals surface area contributed by atoms with Gasteiger partial charge in [0.15, 0.2) is 0 Å². The first-order valence-electron chi connectivity index (χ1n) is 4.85. The van der Waals surface area contributed by atoms with Gasteiger partial charge in [0.2, 0.25) is 10.0 Å². The summed E-state index contributed by atoms with van der Waals surface area (Å²) >= 11 is 0.995. The minimum absolute atomic E-state index is 0.153. The number of nitrogens with one attached hydrogen (secondary N) is 1. The van der Waals surface area contributed by atoms with Crippen LogP contribution in [0.3, 0.4) is 0 Å². The van der Waals surface area contributed by atoms with Gasteiger partial charge in [-0.15, -0.1) is 0 Å². The highest BCUT2D eigenvalue weighted by atomic mass is 32.2. The maximum absolute atomic E-state index is 12.0. The molecule has 0 aliphatic carbocycles. The molecule has 92 valence electrons. The Balaban J connectivity index is 2.35. The molecule has 1 heterocycles. The Kier molecular flexibility index (Phi) is 3.67. The van der Waals surface area contributed by atoms with Crippen LogP contribution >= 0.6 is 11.7 Å². The van der Waals surface area contributed by atoms with Crippen molar-refractivity contribution in [2.45, 2.75) is 4.90 Å². The summed E-state index contributed by atoms with van der Waals surface area (Å²) in [5, 5.41) is 0. The van der Waals surface area contributed by atoms with Crippen LogP contribution in [-0.4, -0.2) is 37.4 Å². The van der Waals surface area contributed by atoms with Gasteiger partial charge in [-0.1, -0.05) is 6.07 Å². The van der Waals surface area contributed by atoms with Gasteiger partial charge in [0.25, 0.3) is 0 Å². The molecule has 17 heavy (non-hydrogen) atoms. The van der Waals surface area contributed by atoms with E-state index in [0.717, 1.165) is 11.7 Å². The standard InChI is InChI=1S/C9H11N3O3S2/c1-15-6-5-10-17(13,14)8-4-2-3-7-9(8)12-16-11-7/h2-4,10H,5-6H2,1H3. The van der Waals surface area contributed by atoms with E-state index in [9.17, 15) is 8.42 Å². The van der Waals surface area contributed by atoms with E-state index in [-0.39, 0.29) is 11.4 Å². The zero-order chi connectivity index (χ0) is 12.3. The summed E-state index contributed by atoms with van der Waals surface area (Å²) in [5.74, 6) is 0. The number of benzene rings is 1. The maximum atomic E-state index is 12.0. The van der Waals surface area contributed by atoms with Crippen molar-refractivity contribution in [3.05, 3.63) is 18.2 Å². The lowest BCUT2D eigenvalue weighted by Crippen LogP contribution is -2.27. The lowest BCUT2D eigenvalue weighted by atomic mass is 10.3. The molecule has 0 aliphatic heterocycles. The van der Waals surface area contributed by atoms with E-state index in [0.29, 0.717) is 17.6 Å². The van der Waals surface area contributed by atoms with Gasteiger partial charge in [0.05, 0.1) is 18.3 Å². The predicted molar refractivity (Wildman–Crippen MR) is 64.5 cm³/mol. The molecule has 6 nitrogen and oxygen atoms in total. The van der Waals surface area contributed by atoms with Crippen molar-refractivity contribution >= 4 is 32.8 Å². The summed E-state index contributed by atoms with van der Waals surface area (Å²) in [6.45, 7) is 0.553. The van der Waals surface area contributed by atoms with E-state index < -0.39 is 10.0 Å². The lowest BCUT2D eigenvalue weighted by molar-refractivity contribution is 0.204. The van der Waals surface area contributed by atoms with Gasteiger partial charge in [-0.3, -0.25) is 0 Å². The monoisotopic (exact) mass is 273 g/mol. The van der Waals surface area contributed by atoms with Crippen LogP contribution in [0, 0.1) is 0 Å². The molecule has 1 N–H and O–H groups in total. The molecular formula is C9H11N3O3S2. The molecule has 0 radical (unpaired) electrons. The average molecular weight is 273 g/mol. The highest BCUT2D eigenvalue weighted by Gasteiger charge is 2.18. The highest BCUT2D eigenvalue weighted by molar-refractivity contribution is 7.89. The molecule has 8 heteroatoms. The molecule has 0 fully saturated rings. The lowest BCUT2D eigenvalue weighted by Gasteiger charge is -2.06. The first kappa shape index (κ1) is 12.4. The third kappa shape index (κ3) is 2.60. The fourth-order valence-corrected chi connectivity index (χ4v) is 3.13. The van der Waals surface area contributed by atoms with E-state index in [1.54, 1.807) is 12.1 Å². The third-order valence-electron chi connectivity index (χ3n) is 2.14. The van der Waals surface area contributed by atoms with E-state index in [1.165, 1.54) is 13.2 Å². The van der Waals surface area contributed by atoms with E-state index >= 15 is 0 Å². The van der Waals surface area contributed by atoms with E-state index in [4.69, 9.17) is 4.74 Å². The van der Waals surface area contributed by atoms with Crippen LogP contribution in [0.5, 0.6) is 0 Å². The summed E-state index contributed by atoms with van der Waals surface area (Å²) in [4.78, 5) is 0.153. The molecule has 0 saturated heterocycles. The Morgan fingerprint density at radius 2 is 2.24 bits per heavy atom. The molecule has 0 spiro atoms. The summed E-state index contributed by atoms with van der Waals surface area (Å²) in [6.07, 6.45) is 0. The van der Waals surface area contributed by atoms with Crippen molar-refractivity contribution in [1.29, 1.82) is 0 Å². The third-order valence-corrected chi connectivity index (χ3v) is 4.17. The number of ether oxygens (including phenoxy) is 1. The number of nitrogens with zero attached hydrogens (tertiary/aromatic N) is 2. The second kappa shape index (κ2) is 5.05. The molecule has 1 aromatic carbocycles. The molecule has 0 amide bonds. The van der Waals surface area contributed by atoms with Gasteiger partial charge in [0.1, 0.15) is 15.9 Å². The van der Waals surface area contributed by atoms with Gasteiger partial charge >= 0.3 is 0 Å². The second-order valence-electron chi connectivity index (χ2n) is 3.28. The van der Waals surface area contributed by atoms with Gasteiger partial charge in [0, 0.05) is 13.7 Å². The first-order chi connectivity index (χ1) is 8.15. The number of aromatic nitrogens is 2.